The van der Waals surface area contributed by atoms with Crippen LogP contribution in [0.4, 0.5) is 5.69 Å². The van der Waals surface area contributed by atoms with Gasteiger partial charge in [-0.1, -0.05) is 12.1 Å². The molecule has 0 aliphatic carbocycles. The van der Waals surface area contributed by atoms with Crippen molar-refractivity contribution in [1.29, 1.82) is 0 Å². The van der Waals surface area contributed by atoms with Crippen LogP contribution in [0.5, 0.6) is 0 Å². The lowest BCUT2D eigenvalue weighted by Crippen LogP contribution is -1.95. The average molecular weight is 173 g/mol. The van der Waals surface area contributed by atoms with Crippen molar-refractivity contribution in [2.75, 3.05) is 5.73 Å². The molecule has 2 aromatic rings. The number of imidazole rings is 1. The molecule has 0 bridgehead atoms. The molecule has 0 aliphatic rings. The second kappa shape index (κ2) is 2.94. The summed E-state index contributed by atoms with van der Waals surface area (Å²) in [5.41, 5.74) is 7.57. The standard InChI is InChI=1S/C10H11N3/c1-13-7-6-12-10(13)8-4-2-3-5-9(8)11/h2-7H,11H2,1H3. The molecule has 66 valence electrons. The summed E-state index contributed by atoms with van der Waals surface area (Å²) in [7, 11) is 1.95. The Morgan fingerprint density at radius 3 is 2.69 bits per heavy atom. The molecule has 0 saturated carbocycles. The highest BCUT2D eigenvalue weighted by atomic mass is 15.0. The molecule has 1 heterocycles. The number of hydrogen-bond acceptors (Lipinski definition) is 2. The van der Waals surface area contributed by atoms with Gasteiger partial charge in [-0.15, -0.1) is 0 Å². The van der Waals surface area contributed by atoms with Crippen LogP contribution in [0.2, 0.25) is 0 Å². The number of rotatable bonds is 1. The molecule has 13 heavy (non-hydrogen) atoms. The van der Waals surface area contributed by atoms with Crippen LogP contribution in [-0.4, -0.2) is 9.55 Å². The molecule has 1 aromatic carbocycles. The SMILES string of the molecule is Cn1ccnc1-c1ccccc1N. The first-order chi connectivity index (χ1) is 6.29. The zero-order valence-electron chi connectivity index (χ0n) is 7.44. The van der Waals surface area contributed by atoms with E-state index in [1.165, 1.54) is 0 Å². The molecule has 2 N–H and O–H groups in total. The molecule has 0 radical (unpaired) electrons. The predicted octanol–water partition coefficient (Wildman–Crippen LogP) is 1.67. The predicted molar refractivity (Wildman–Crippen MR) is 53.1 cm³/mol. The Kier molecular flexibility index (Phi) is 1.77. The highest BCUT2D eigenvalue weighted by molar-refractivity contribution is 5.71. The number of hydrogen-bond donors (Lipinski definition) is 1. The van der Waals surface area contributed by atoms with Crippen LogP contribution >= 0.6 is 0 Å². The van der Waals surface area contributed by atoms with Gasteiger partial charge in [0.25, 0.3) is 0 Å². The Hall–Kier alpha value is -1.77. The number of nitrogens with zero attached hydrogens (tertiary/aromatic N) is 2. The van der Waals surface area contributed by atoms with Gasteiger partial charge < -0.3 is 10.3 Å². The average Bonchev–Trinajstić information content (AvgIpc) is 2.52. The molecule has 0 aliphatic heterocycles. The van der Waals surface area contributed by atoms with Crippen molar-refractivity contribution in [1.82, 2.24) is 9.55 Å². The van der Waals surface area contributed by atoms with Crippen molar-refractivity contribution < 1.29 is 0 Å². The highest BCUT2D eigenvalue weighted by Crippen LogP contribution is 2.22. The fourth-order valence-electron chi connectivity index (χ4n) is 1.33. The first kappa shape index (κ1) is 7.86. The monoisotopic (exact) mass is 173 g/mol. The van der Waals surface area contributed by atoms with E-state index in [9.17, 15) is 0 Å². The summed E-state index contributed by atoms with van der Waals surface area (Å²) in [5, 5.41) is 0. The third-order valence-electron chi connectivity index (χ3n) is 2.02. The maximum absolute atomic E-state index is 5.83. The minimum absolute atomic E-state index is 0.761. The molecule has 3 nitrogen and oxygen atoms in total. The molecule has 0 unspecified atom stereocenters. The molecule has 0 fully saturated rings. The number of nitrogens with two attached hydrogens (primary N) is 1. The van der Waals surface area contributed by atoms with Crippen molar-refractivity contribution in [3.63, 3.8) is 0 Å². The van der Waals surface area contributed by atoms with E-state index >= 15 is 0 Å². The van der Waals surface area contributed by atoms with Gasteiger partial charge in [0.1, 0.15) is 5.82 Å². The van der Waals surface area contributed by atoms with Crippen molar-refractivity contribution in [3.05, 3.63) is 36.7 Å². The Labute approximate surface area is 76.8 Å². The van der Waals surface area contributed by atoms with Crippen LogP contribution in [-0.2, 0) is 7.05 Å². The van der Waals surface area contributed by atoms with Gasteiger partial charge in [0, 0.05) is 30.7 Å². The summed E-state index contributed by atoms with van der Waals surface area (Å²) in [4.78, 5) is 4.23. The van der Waals surface area contributed by atoms with E-state index in [0.717, 1.165) is 17.1 Å². The Balaban J connectivity index is 2.59. The van der Waals surface area contributed by atoms with E-state index in [1.807, 2.05) is 42.1 Å². The maximum Gasteiger partial charge on any atom is 0.141 e. The van der Waals surface area contributed by atoms with Crippen LogP contribution in [0.15, 0.2) is 36.7 Å². The fraction of sp³-hybridized carbons (Fsp3) is 0.100. The summed E-state index contributed by atoms with van der Waals surface area (Å²) >= 11 is 0. The minimum atomic E-state index is 0.761. The van der Waals surface area contributed by atoms with Gasteiger partial charge in [-0.25, -0.2) is 4.98 Å². The molecular formula is C10H11N3. The van der Waals surface area contributed by atoms with Gasteiger partial charge in [-0.2, -0.15) is 0 Å². The molecule has 2 rings (SSSR count). The Morgan fingerprint density at radius 1 is 1.31 bits per heavy atom. The summed E-state index contributed by atoms with van der Waals surface area (Å²) < 4.78 is 1.95. The lowest BCUT2D eigenvalue weighted by Gasteiger charge is -2.04. The maximum atomic E-state index is 5.83. The summed E-state index contributed by atoms with van der Waals surface area (Å²) in [5.74, 6) is 0.901. The van der Waals surface area contributed by atoms with E-state index in [-0.39, 0.29) is 0 Å². The number of nitrogen functional groups attached to an aromatic ring is 1. The van der Waals surface area contributed by atoms with Gasteiger partial charge in [0.05, 0.1) is 0 Å². The molecule has 1 aromatic heterocycles. The van der Waals surface area contributed by atoms with Gasteiger partial charge in [0.2, 0.25) is 0 Å². The highest BCUT2D eigenvalue weighted by Gasteiger charge is 2.04. The minimum Gasteiger partial charge on any atom is -0.398 e. The third-order valence-corrected chi connectivity index (χ3v) is 2.02. The summed E-state index contributed by atoms with van der Waals surface area (Å²) in [6, 6.07) is 7.73. The summed E-state index contributed by atoms with van der Waals surface area (Å²) in [6.07, 6.45) is 3.67. The van der Waals surface area contributed by atoms with E-state index in [2.05, 4.69) is 4.98 Å². The number of aromatic nitrogens is 2. The molecule has 0 saturated heterocycles. The topological polar surface area (TPSA) is 43.8 Å². The fourth-order valence-corrected chi connectivity index (χ4v) is 1.33. The number of aryl methyl sites for hydroxylation is 1. The first-order valence-corrected chi connectivity index (χ1v) is 4.11. The lowest BCUT2D eigenvalue weighted by molar-refractivity contribution is 0.925. The van der Waals surface area contributed by atoms with Gasteiger partial charge in [-0.3, -0.25) is 0 Å². The third kappa shape index (κ3) is 1.28. The zero-order chi connectivity index (χ0) is 9.26. The number of para-hydroxylation sites is 1. The van der Waals surface area contributed by atoms with Gasteiger partial charge >= 0.3 is 0 Å². The van der Waals surface area contributed by atoms with E-state index in [4.69, 9.17) is 5.73 Å². The second-order valence-corrected chi connectivity index (χ2v) is 2.95. The molecule has 0 amide bonds. The van der Waals surface area contributed by atoms with Crippen LogP contribution in [0, 0.1) is 0 Å². The van der Waals surface area contributed by atoms with Crippen LogP contribution < -0.4 is 5.73 Å². The van der Waals surface area contributed by atoms with Crippen molar-refractivity contribution >= 4 is 5.69 Å². The molecule has 3 heteroatoms. The Morgan fingerprint density at radius 2 is 2.08 bits per heavy atom. The Bertz CT molecular complexity index is 418. The van der Waals surface area contributed by atoms with E-state index in [1.54, 1.807) is 6.20 Å². The van der Waals surface area contributed by atoms with Crippen molar-refractivity contribution in [2.24, 2.45) is 7.05 Å². The summed E-state index contributed by atoms with van der Waals surface area (Å²) in [6.45, 7) is 0. The van der Waals surface area contributed by atoms with Gasteiger partial charge in [0.15, 0.2) is 0 Å². The second-order valence-electron chi connectivity index (χ2n) is 2.95. The largest absolute Gasteiger partial charge is 0.398 e. The first-order valence-electron chi connectivity index (χ1n) is 4.11. The van der Waals surface area contributed by atoms with E-state index in [0.29, 0.717) is 0 Å². The smallest absolute Gasteiger partial charge is 0.141 e. The quantitative estimate of drug-likeness (QED) is 0.666. The zero-order valence-corrected chi connectivity index (χ0v) is 7.44. The van der Waals surface area contributed by atoms with Crippen molar-refractivity contribution in [3.8, 4) is 11.4 Å². The van der Waals surface area contributed by atoms with E-state index < -0.39 is 0 Å². The number of benzene rings is 1. The van der Waals surface area contributed by atoms with Gasteiger partial charge in [-0.05, 0) is 12.1 Å². The van der Waals surface area contributed by atoms with Crippen molar-refractivity contribution in [2.45, 2.75) is 0 Å². The van der Waals surface area contributed by atoms with Crippen LogP contribution in [0.3, 0.4) is 0 Å². The normalized spacial score (nSPS) is 10.2. The molecule has 0 atom stereocenters. The lowest BCUT2D eigenvalue weighted by atomic mass is 10.2. The van der Waals surface area contributed by atoms with Crippen LogP contribution in [0.25, 0.3) is 11.4 Å². The number of anilines is 1. The molecular weight excluding hydrogens is 162 g/mol. The molecule has 0 spiro atoms. The van der Waals surface area contributed by atoms with Crippen LogP contribution in [0.1, 0.15) is 0 Å².